The van der Waals surface area contributed by atoms with Crippen LogP contribution in [0.2, 0.25) is 5.02 Å². The molecular formula is C16H11ClF3N5O2. The lowest BCUT2D eigenvalue weighted by Gasteiger charge is -2.11. The number of aromatic amines is 1. The zero-order chi connectivity index (χ0) is 19.8. The number of amides is 1. The molecule has 0 aliphatic heterocycles. The Bertz CT molecular complexity index is 1050. The van der Waals surface area contributed by atoms with Crippen molar-refractivity contribution in [2.45, 2.75) is 13.1 Å². The van der Waals surface area contributed by atoms with E-state index in [2.05, 4.69) is 20.6 Å². The van der Waals surface area contributed by atoms with Crippen molar-refractivity contribution in [3.8, 4) is 5.82 Å². The number of halogens is 4. The van der Waals surface area contributed by atoms with E-state index in [9.17, 15) is 22.8 Å². The molecule has 0 spiro atoms. The van der Waals surface area contributed by atoms with Crippen LogP contribution in [0.15, 0.2) is 41.3 Å². The van der Waals surface area contributed by atoms with E-state index in [1.807, 2.05) is 0 Å². The maximum atomic E-state index is 12.9. The van der Waals surface area contributed by atoms with Gasteiger partial charge in [-0.15, -0.1) is 0 Å². The Kier molecular flexibility index (Phi) is 4.75. The fourth-order valence-electron chi connectivity index (χ4n) is 2.34. The second-order valence-corrected chi connectivity index (χ2v) is 5.89. The van der Waals surface area contributed by atoms with Crippen LogP contribution >= 0.6 is 11.6 Å². The van der Waals surface area contributed by atoms with Crippen molar-refractivity contribution in [3.05, 3.63) is 68.7 Å². The van der Waals surface area contributed by atoms with Gasteiger partial charge in [-0.25, -0.2) is 9.78 Å². The van der Waals surface area contributed by atoms with Gasteiger partial charge in [-0.05, 0) is 31.2 Å². The van der Waals surface area contributed by atoms with Gasteiger partial charge < -0.3 is 5.32 Å². The minimum atomic E-state index is -4.64. The lowest BCUT2D eigenvalue weighted by atomic mass is 10.1. The molecule has 140 valence electrons. The van der Waals surface area contributed by atoms with Crippen molar-refractivity contribution >= 4 is 23.2 Å². The number of H-pyrrole nitrogens is 1. The van der Waals surface area contributed by atoms with E-state index < -0.39 is 28.2 Å². The molecule has 27 heavy (non-hydrogen) atoms. The SMILES string of the molecule is Cc1c(C(=O)Nc2ccc(Cl)c(C(F)(F)F)c2)cnn1-c1ccc(=O)[nH]n1. The smallest absolute Gasteiger partial charge is 0.322 e. The fraction of sp³-hybridized carbons (Fsp3) is 0.125. The number of hydrogen-bond acceptors (Lipinski definition) is 4. The third-order valence-corrected chi connectivity index (χ3v) is 4.00. The van der Waals surface area contributed by atoms with Crippen molar-refractivity contribution in [3.63, 3.8) is 0 Å². The van der Waals surface area contributed by atoms with E-state index in [0.29, 0.717) is 5.69 Å². The largest absolute Gasteiger partial charge is 0.417 e. The lowest BCUT2D eigenvalue weighted by molar-refractivity contribution is -0.137. The summed E-state index contributed by atoms with van der Waals surface area (Å²) in [5, 5.41) is 12.0. The number of aromatic nitrogens is 4. The van der Waals surface area contributed by atoms with Crippen molar-refractivity contribution in [2.24, 2.45) is 0 Å². The molecule has 0 aliphatic carbocycles. The molecule has 0 fully saturated rings. The Morgan fingerprint density at radius 1 is 1.26 bits per heavy atom. The highest BCUT2D eigenvalue weighted by molar-refractivity contribution is 6.31. The third kappa shape index (κ3) is 3.85. The normalized spacial score (nSPS) is 11.4. The summed E-state index contributed by atoms with van der Waals surface area (Å²) >= 11 is 5.56. The van der Waals surface area contributed by atoms with Gasteiger partial charge >= 0.3 is 6.18 Å². The number of anilines is 1. The molecule has 3 rings (SSSR count). The molecule has 0 saturated heterocycles. The fourth-order valence-corrected chi connectivity index (χ4v) is 2.56. The summed E-state index contributed by atoms with van der Waals surface area (Å²) in [6, 6.07) is 5.73. The van der Waals surface area contributed by atoms with Crippen molar-refractivity contribution in [1.29, 1.82) is 0 Å². The molecule has 1 amide bonds. The van der Waals surface area contributed by atoms with Gasteiger partial charge in [0, 0.05) is 11.8 Å². The number of carbonyl (C=O) groups excluding carboxylic acids is 1. The van der Waals surface area contributed by atoms with Crippen LogP contribution < -0.4 is 10.9 Å². The maximum Gasteiger partial charge on any atom is 0.417 e. The second kappa shape index (κ2) is 6.88. The highest BCUT2D eigenvalue weighted by Crippen LogP contribution is 2.36. The summed E-state index contributed by atoms with van der Waals surface area (Å²) in [7, 11) is 0. The van der Waals surface area contributed by atoms with E-state index in [4.69, 9.17) is 11.6 Å². The minimum absolute atomic E-state index is 0.0639. The summed E-state index contributed by atoms with van der Waals surface area (Å²) in [6.45, 7) is 1.58. The summed E-state index contributed by atoms with van der Waals surface area (Å²) in [4.78, 5) is 23.5. The Labute approximate surface area is 154 Å². The van der Waals surface area contributed by atoms with E-state index >= 15 is 0 Å². The zero-order valence-corrected chi connectivity index (χ0v) is 14.4. The Morgan fingerprint density at radius 2 is 2.00 bits per heavy atom. The number of rotatable bonds is 3. The first-order valence-electron chi connectivity index (χ1n) is 7.45. The van der Waals surface area contributed by atoms with E-state index in [-0.39, 0.29) is 17.1 Å². The van der Waals surface area contributed by atoms with Crippen molar-refractivity contribution < 1.29 is 18.0 Å². The number of nitrogens with one attached hydrogen (secondary N) is 2. The summed E-state index contributed by atoms with van der Waals surface area (Å²) in [5.41, 5.74) is -0.994. The molecule has 3 aromatic rings. The summed E-state index contributed by atoms with van der Waals surface area (Å²) in [6.07, 6.45) is -3.40. The number of nitrogens with zero attached hydrogens (tertiary/aromatic N) is 3. The van der Waals surface area contributed by atoms with Crippen LogP contribution in [0.5, 0.6) is 0 Å². The third-order valence-electron chi connectivity index (χ3n) is 3.67. The average Bonchev–Trinajstić information content (AvgIpc) is 2.98. The molecule has 11 heteroatoms. The highest BCUT2D eigenvalue weighted by atomic mass is 35.5. The van der Waals surface area contributed by atoms with E-state index in [1.54, 1.807) is 6.92 Å². The summed E-state index contributed by atoms with van der Waals surface area (Å²) < 4.78 is 40.1. The van der Waals surface area contributed by atoms with E-state index in [0.717, 1.165) is 12.1 Å². The Hall–Kier alpha value is -3.14. The number of carbonyl (C=O) groups is 1. The van der Waals surface area contributed by atoms with Crippen LogP contribution in [0.3, 0.4) is 0 Å². The molecule has 0 saturated carbocycles. The molecule has 0 aliphatic rings. The van der Waals surface area contributed by atoms with Gasteiger partial charge in [-0.1, -0.05) is 11.6 Å². The molecule has 2 aromatic heterocycles. The molecule has 0 bridgehead atoms. The summed E-state index contributed by atoms with van der Waals surface area (Å²) in [5.74, 6) is -0.379. The molecular weight excluding hydrogens is 387 g/mol. The van der Waals surface area contributed by atoms with E-state index in [1.165, 1.54) is 29.1 Å². The molecule has 1 aromatic carbocycles. The number of benzene rings is 1. The molecule has 0 unspecified atom stereocenters. The van der Waals surface area contributed by atoms with Crippen molar-refractivity contribution in [2.75, 3.05) is 5.32 Å². The molecule has 2 N–H and O–H groups in total. The standard InChI is InChI=1S/C16H11ClF3N5O2/c1-8-10(7-21-25(8)13-4-5-14(26)24-23-13)15(27)22-9-2-3-12(17)11(6-9)16(18,19)20/h2-7H,1H3,(H,22,27)(H,24,26). The first-order chi connectivity index (χ1) is 12.7. The predicted octanol–water partition coefficient (Wildman–Crippen LogP) is 3.19. The van der Waals surface area contributed by atoms with Crippen LogP contribution in [0, 0.1) is 6.92 Å². The quantitative estimate of drug-likeness (QED) is 0.710. The highest BCUT2D eigenvalue weighted by Gasteiger charge is 2.33. The molecule has 7 nitrogen and oxygen atoms in total. The van der Waals surface area contributed by atoms with Gasteiger partial charge in [-0.3, -0.25) is 9.59 Å². The predicted molar refractivity (Wildman–Crippen MR) is 91.1 cm³/mol. The topological polar surface area (TPSA) is 92.7 Å². The monoisotopic (exact) mass is 397 g/mol. The van der Waals surface area contributed by atoms with Crippen LogP contribution in [-0.4, -0.2) is 25.9 Å². The maximum absolute atomic E-state index is 12.9. The minimum Gasteiger partial charge on any atom is -0.322 e. The zero-order valence-electron chi connectivity index (χ0n) is 13.6. The Morgan fingerprint density at radius 3 is 2.63 bits per heavy atom. The van der Waals surface area contributed by atoms with Gasteiger partial charge in [0.25, 0.3) is 11.5 Å². The average molecular weight is 398 g/mol. The molecule has 0 radical (unpaired) electrons. The van der Waals surface area contributed by atoms with Gasteiger partial charge in [0.1, 0.15) is 0 Å². The van der Waals surface area contributed by atoms with Crippen LogP contribution in [0.4, 0.5) is 18.9 Å². The number of hydrogen-bond donors (Lipinski definition) is 2. The first-order valence-corrected chi connectivity index (χ1v) is 7.83. The Balaban J connectivity index is 1.88. The lowest BCUT2D eigenvalue weighted by Crippen LogP contribution is -2.15. The second-order valence-electron chi connectivity index (χ2n) is 5.48. The van der Waals surface area contributed by atoms with Gasteiger partial charge in [-0.2, -0.15) is 23.4 Å². The molecule has 0 atom stereocenters. The van der Waals surface area contributed by atoms with Gasteiger partial charge in [0.15, 0.2) is 5.82 Å². The van der Waals surface area contributed by atoms with Crippen LogP contribution in [0.1, 0.15) is 21.6 Å². The van der Waals surface area contributed by atoms with Gasteiger partial charge in [0.05, 0.1) is 28.0 Å². The number of alkyl halides is 3. The van der Waals surface area contributed by atoms with Crippen LogP contribution in [-0.2, 0) is 6.18 Å². The van der Waals surface area contributed by atoms with Crippen LogP contribution in [0.25, 0.3) is 5.82 Å². The van der Waals surface area contributed by atoms with Gasteiger partial charge in [0.2, 0.25) is 0 Å². The first kappa shape index (κ1) is 18.6. The van der Waals surface area contributed by atoms with Crippen molar-refractivity contribution in [1.82, 2.24) is 20.0 Å². The molecule has 2 heterocycles.